The van der Waals surface area contributed by atoms with Gasteiger partial charge in [-0.1, -0.05) is 0 Å². The molecular weight excluding hydrogens is 152 g/mol. The normalized spacial score (nSPS) is 25.0. The summed E-state index contributed by atoms with van der Waals surface area (Å²) in [4.78, 5) is 2.47. The molecule has 2 N–H and O–H groups in total. The van der Waals surface area contributed by atoms with Crippen LogP contribution in [0.15, 0.2) is 0 Å². The van der Waals surface area contributed by atoms with Crippen molar-refractivity contribution < 1.29 is 5.11 Å². The maximum atomic E-state index is 8.61. The molecule has 1 saturated heterocycles. The number of likely N-dealkylation sites (N-methyl/N-ethyl adjacent to an activating group) is 1. The Morgan fingerprint density at radius 1 is 1.50 bits per heavy atom. The largest absolute Gasteiger partial charge is 0.396 e. The number of nitrogens with one attached hydrogen (secondary N) is 1. The van der Waals surface area contributed by atoms with Crippen molar-refractivity contribution in [3.63, 3.8) is 0 Å². The van der Waals surface area contributed by atoms with Crippen molar-refractivity contribution in [1.29, 1.82) is 0 Å². The molecule has 0 aromatic rings. The predicted octanol–water partition coefficient (Wildman–Crippen LogP) is 0.0526. The number of rotatable bonds is 5. The standard InChI is InChI=1S/C9H20N2O/c1-10-9-4-6-11(8-9)5-2-3-7-12/h9-10,12H,2-8H2,1H3. The van der Waals surface area contributed by atoms with E-state index in [0.717, 1.165) is 19.4 Å². The molecule has 0 aromatic heterocycles. The Morgan fingerprint density at radius 2 is 2.33 bits per heavy atom. The van der Waals surface area contributed by atoms with Crippen LogP contribution in [0.1, 0.15) is 19.3 Å². The van der Waals surface area contributed by atoms with E-state index < -0.39 is 0 Å². The summed E-state index contributed by atoms with van der Waals surface area (Å²) in [6, 6.07) is 0.694. The van der Waals surface area contributed by atoms with Crippen molar-refractivity contribution in [3.8, 4) is 0 Å². The third kappa shape index (κ3) is 3.09. The molecule has 1 fully saturated rings. The highest BCUT2D eigenvalue weighted by atomic mass is 16.2. The quantitative estimate of drug-likeness (QED) is 0.575. The van der Waals surface area contributed by atoms with Gasteiger partial charge < -0.3 is 15.3 Å². The zero-order valence-corrected chi connectivity index (χ0v) is 7.92. The minimum Gasteiger partial charge on any atom is -0.396 e. The molecule has 3 nitrogen and oxygen atoms in total. The van der Waals surface area contributed by atoms with Gasteiger partial charge in [0.05, 0.1) is 0 Å². The van der Waals surface area contributed by atoms with Gasteiger partial charge in [0.25, 0.3) is 0 Å². The van der Waals surface area contributed by atoms with Crippen molar-refractivity contribution in [2.75, 3.05) is 33.3 Å². The Morgan fingerprint density at radius 3 is 2.92 bits per heavy atom. The second kappa shape index (κ2) is 5.51. The molecule has 0 saturated carbocycles. The maximum Gasteiger partial charge on any atom is 0.0431 e. The summed E-state index contributed by atoms with van der Waals surface area (Å²) in [5, 5.41) is 11.9. The van der Waals surface area contributed by atoms with E-state index >= 15 is 0 Å². The van der Waals surface area contributed by atoms with Crippen molar-refractivity contribution in [2.45, 2.75) is 25.3 Å². The topological polar surface area (TPSA) is 35.5 Å². The highest BCUT2D eigenvalue weighted by Crippen LogP contribution is 2.09. The fourth-order valence-corrected chi connectivity index (χ4v) is 1.72. The van der Waals surface area contributed by atoms with Crippen LogP contribution in [0.4, 0.5) is 0 Å². The van der Waals surface area contributed by atoms with E-state index in [4.69, 9.17) is 5.11 Å². The highest BCUT2D eigenvalue weighted by Gasteiger charge is 2.19. The van der Waals surface area contributed by atoms with E-state index in [0.29, 0.717) is 12.6 Å². The number of hydrogen-bond donors (Lipinski definition) is 2. The summed E-state index contributed by atoms with van der Waals surface area (Å²) in [6.07, 6.45) is 3.35. The number of aliphatic hydroxyl groups is 1. The second-order valence-electron chi connectivity index (χ2n) is 3.51. The molecule has 0 radical (unpaired) electrons. The Bertz CT molecular complexity index is 119. The molecule has 0 bridgehead atoms. The van der Waals surface area contributed by atoms with Crippen LogP contribution in [0.2, 0.25) is 0 Å². The predicted molar refractivity (Wildman–Crippen MR) is 50.2 cm³/mol. The molecule has 0 amide bonds. The minimum absolute atomic E-state index is 0.337. The maximum absolute atomic E-state index is 8.61. The lowest BCUT2D eigenvalue weighted by atomic mass is 10.3. The lowest BCUT2D eigenvalue weighted by molar-refractivity contribution is 0.262. The monoisotopic (exact) mass is 172 g/mol. The molecule has 1 atom stereocenters. The number of likely N-dealkylation sites (tertiary alicyclic amines) is 1. The third-order valence-electron chi connectivity index (χ3n) is 2.56. The van der Waals surface area contributed by atoms with Gasteiger partial charge >= 0.3 is 0 Å². The summed E-state index contributed by atoms with van der Waals surface area (Å²) >= 11 is 0. The molecule has 1 aliphatic heterocycles. The van der Waals surface area contributed by atoms with Crippen LogP contribution in [0.3, 0.4) is 0 Å². The van der Waals surface area contributed by atoms with E-state index in [-0.39, 0.29) is 0 Å². The Kier molecular flexibility index (Phi) is 4.58. The van der Waals surface area contributed by atoms with Gasteiger partial charge in [0.1, 0.15) is 0 Å². The Balaban J connectivity index is 2.03. The summed E-state index contributed by atoms with van der Waals surface area (Å²) in [5.74, 6) is 0. The summed E-state index contributed by atoms with van der Waals surface area (Å²) in [6.45, 7) is 3.89. The molecule has 1 unspecified atom stereocenters. The first-order valence-electron chi connectivity index (χ1n) is 4.87. The van der Waals surface area contributed by atoms with Crippen LogP contribution in [-0.2, 0) is 0 Å². The lowest BCUT2D eigenvalue weighted by Gasteiger charge is -2.14. The second-order valence-corrected chi connectivity index (χ2v) is 3.51. The van der Waals surface area contributed by atoms with Crippen LogP contribution >= 0.6 is 0 Å². The number of aliphatic hydroxyl groups excluding tert-OH is 1. The molecule has 1 aliphatic rings. The molecule has 0 aromatic carbocycles. The first kappa shape index (κ1) is 9.96. The van der Waals surface area contributed by atoms with Crippen LogP contribution in [0.25, 0.3) is 0 Å². The van der Waals surface area contributed by atoms with Crippen LogP contribution in [-0.4, -0.2) is 49.3 Å². The smallest absolute Gasteiger partial charge is 0.0431 e. The fourth-order valence-electron chi connectivity index (χ4n) is 1.72. The third-order valence-corrected chi connectivity index (χ3v) is 2.56. The van der Waals surface area contributed by atoms with Gasteiger partial charge in [0, 0.05) is 19.2 Å². The van der Waals surface area contributed by atoms with Gasteiger partial charge in [-0.05, 0) is 39.4 Å². The molecule has 12 heavy (non-hydrogen) atoms. The molecule has 3 heteroatoms. The Labute approximate surface area is 74.8 Å². The first-order chi connectivity index (χ1) is 5.86. The zero-order valence-electron chi connectivity index (χ0n) is 7.92. The summed E-state index contributed by atoms with van der Waals surface area (Å²) in [7, 11) is 2.03. The van der Waals surface area contributed by atoms with Crippen LogP contribution < -0.4 is 5.32 Å². The molecule has 0 spiro atoms. The average molecular weight is 172 g/mol. The van der Waals surface area contributed by atoms with Gasteiger partial charge in [0.2, 0.25) is 0 Å². The highest BCUT2D eigenvalue weighted by molar-refractivity contribution is 4.79. The van der Waals surface area contributed by atoms with Gasteiger partial charge in [-0.2, -0.15) is 0 Å². The van der Waals surface area contributed by atoms with Crippen LogP contribution in [0.5, 0.6) is 0 Å². The van der Waals surface area contributed by atoms with Crippen molar-refractivity contribution in [1.82, 2.24) is 10.2 Å². The fraction of sp³-hybridized carbons (Fsp3) is 1.00. The SMILES string of the molecule is CNC1CCN(CCCCO)C1. The number of unbranched alkanes of at least 4 members (excludes halogenated alkanes) is 1. The van der Waals surface area contributed by atoms with Gasteiger partial charge in [-0.3, -0.25) is 0 Å². The van der Waals surface area contributed by atoms with Crippen LogP contribution in [0, 0.1) is 0 Å². The van der Waals surface area contributed by atoms with E-state index in [2.05, 4.69) is 10.2 Å². The minimum atomic E-state index is 0.337. The average Bonchev–Trinajstić information content (AvgIpc) is 2.53. The summed E-state index contributed by atoms with van der Waals surface area (Å²) < 4.78 is 0. The number of nitrogens with zero attached hydrogens (tertiary/aromatic N) is 1. The molecule has 0 aliphatic carbocycles. The Hall–Kier alpha value is -0.120. The van der Waals surface area contributed by atoms with E-state index in [1.165, 1.54) is 19.5 Å². The lowest BCUT2D eigenvalue weighted by Crippen LogP contribution is -2.30. The molecule has 1 rings (SSSR count). The first-order valence-corrected chi connectivity index (χ1v) is 4.87. The molecule has 1 heterocycles. The van der Waals surface area contributed by atoms with E-state index in [9.17, 15) is 0 Å². The zero-order chi connectivity index (χ0) is 8.81. The van der Waals surface area contributed by atoms with E-state index in [1.54, 1.807) is 0 Å². The molecule has 72 valence electrons. The van der Waals surface area contributed by atoms with E-state index in [1.807, 2.05) is 7.05 Å². The van der Waals surface area contributed by atoms with Crippen molar-refractivity contribution >= 4 is 0 Å². The summed E-state index contributed by atoms with van der Waals surface area (Å²) in [5.41, 5.74) is 0. The number of hydrogen-bond acceptors (Lipinski definition) is 3. The van der Waals surface area contributed by atoms with Gasteiger partial charge in [-0.15, -0.1) is 0 Å². The van der Waals surface area contributed by atoms with Crippen molar-refractivity contribution in [2.24, 2.45) is 0 Å². The van der Waals surface area contributed by atoms with Gasteiger partial charge in [-0.25, -0.2) is 0 Å². The molecular formula is C9H20N2O. The van der Waals surface area contributed by atoms with Gasteiger partial charge in [0.15, 0.2) is 0 Å². The van der Waals surface area contributed by atoms with Crippen molar-refractivity contribution in [3.05, 3.63) is 0 Å².